The minimum absolute atomic E-state index is 0.224. The Morgan fingerprint density at radius 1 is 1.52 bits per heavy atom. The van der Waals surface area contributed by atoms with Gasteiger partial charge < -0.3 is 10.4 Å². The van der Waals surface area contributed by atoms with Crippen molar-refractivity contribution in [2.24, 2.45) is 0 Å². The molecule has 1 atom stereocenters. The standard InChI is InChI=1S/C14H17FN4O2/c1-2-11(20)5-6-17-14(21)10-3-4-13(12(15)7-10)19-9-16-8-18-19/h3-4,7-9,11,20H,2,5-6H2,1H3,(H,17,21). The van der Waals surface area contributed by atoms with Crippen molar-refractivity contribution in [2.45, 2.75) is 25.9 Å². The molecule has 2 rings (SSSR count). The molecule has 1 amide bonds. The van der Waals surface area contributed by atoms with Crippen molar-refractivity contribution in [2.75, 3.05) is 6.54 Å². The summed E-state index contributed by atoms with van der Waals surface area (Å²) in [5, 5.41) is 15.9. The normalized spacial score (nSPS) is 12.1. The molecule has 0 saturated carbocycles. The molecule has 21 heavy (non-hydrogen) atoms. The van der Waals surface area contributed by atoms with Gasteiger partial charge in [0.15, 0.2) is 0 Å². The summed E-state index contributed by atoms with van der Waals surface area (Å²) in [5.41, 5.74) is 0.452. The van der Waals surface area contributed by atoms with Crippen LogP contribution < -0.4 is 5.32 Å². The first-order valence-corrected chi connectivity index (χ1v) is 6.72. The smallest absolute Gasteiger partial charge is 0.251 e. The maximum absolute atomic E-state index is 14.0. The van der Waals surface area contributed by atoms with Crippen LogP contribution in [0.15, 0.2) is 30.9 Å². The Bertz CT molecular complexity index is 601. The Hall–Kier alpha value is -2.28. The van der Waals surface area contributed by atoms with Crippen molar-refractivity contribution in [3.8, 4) is 5.69 Å². The molecule has 2 N–H and O–H groups in total. The summed E-state index contributed by atoms with van der Waals surface area (Å²) < 4.78 is 15.3. The van der Waals surface area contributed by atoms with Crippen molar-refractivity contribution >= 4 is 5.91 Å². The number of hydrogen-bond donors (Lipinski definition) is 2. The highest BCUT2D eigenvalue weighted by Crippen LogP contribution is 2.14. The molecule has 0 fully saturated rings. The SMILES string of the molecule is CCC(O)CCNC(=O)c1ccc(-n2cncn2)c(F)c1. The number of nitrogens with zero attached hydrogens (tertiary/aromatic N) is 3. The molecule has 1 unspecified atom stereocenters. The van der Waals surface area contributed by atoms with Gasteiger partial charge in [-0.05, 0) is 31.0 Å². The number of carbonyl (C=O) groups is 1. The van der Waals surface area contributed by atoms with Gasteiger partial charge in [0.25, 0.3) is 5.91 Å². The number of nitrogens with one attached hydrogen (secondary N) is 1. The number of benzene rings is 1. The van der Waals surface area contributed by atoms with Crippen LogP contribution in [0.1, 0.15) is 30.1 Å². The zero-order chi connectivity index (χ0) is 15.2. The van der Waals surface area contributed by atoms with Crippen molar-refractivity contribution < 1.29 is 14.3 Å². The first kappa shape index (κ1) is 15.1. The Morgan fingerprint density at radius 3 is 2.95 bits per heavy atom. The fourth-order valence-electron chi connectivity index (χ4n) is 1.83. The summed E-state index contributed by atoms with van der Waals surface area (Å²) in [6.45, 7) is 2.21. The second-order valence-electron chi connectivity index (χ2n) is 4.61. The van der Waals surface area contributed by atoms with Gasteiger partial charge in [-0.1, -0.05) is 6.92 Å². The van der Waals surface area contributed by atoms with Crippen molar-refractivity contribution in [1.82, 2.24) is 20.1 Å². The van der Waals surface area contributed by atoms with E-state index in [1.807, 2.05) is 6.92 Å². The lowest BCUT2D eigenvalue weighted by atomic mass is 10.1. The van der Waals surface area contributed by atoms with Gasteiger partial charge in [0.2, 0.25) is 0 Å². The predicted molar refractivity (Wildman–Crippen MR) is 74.6 cm³/mol. The fraction of sp³-hybridized carbons (Fsp3) is 0.357. The molecule has 0 radical (unpaired) electrons. The summed E-state index contributed by atoms with van der Waals surface area (Å²) in [6, 6.07) is 4.15. The van der Waals surface area contributed by atoms with E-state index in [9.17, 15) is 14.3 Å². The van der Waals surface area contributed by atoms with Crippen LogP contribution in [0.4, 0.5) is 4.39 Å². The Labute approximate surface area is 121 Å². The zero-order valence-electron chi connectivity index (χ0n) is 11.7. The topological polar surface area (TPSA) is 80.0 Å². The molecule has 0 spiro atoms. The lowest BCUT2D eigenvalue weighted by Crippen LogP contribution is -2.27. The van der Waals surface area contributed by atoms with Crippen LogP contribution in [0.5, 0.6) is 0 Å². The number of aliphatic hydroxyl groups is 1. The zero-order valence-corrected chi connectivity index (χ0v) is 11.7. The van der Waals surface area contributed by atoms with Crippen LogP contribution in [-0.4, -0.2) is 38.4 Å². The highest BCUT2D eigenvalue weighted by molar-refractivity contribution is 5.94. The number of aromatic nitrogens is 3. The number of aliphatic hydroxyl groups excluding tert-OH is 1. The summed E-state index contributed by atoms with van der Waals surface area (Å²) in [7, 11) is 0. The third-order valence-corrected chi connectivity index (χ3v) is 3.11. The van der Waals surface area contributed by atoms with Gasteiger partial charge in [0.1, 0.15) is 24.2 Å². The molecule has 0 bridgehead atoms. The van der Waals surface area contributed by atoms with Crippen LogP contribution in [0.3, 0.4) is 0 Å². The van der Waals surface area contributed by atoms with Crippen LogP contribution in [-0.2, 0) is 0 Å². The Kier molecular flexibility index (Phi) is 4.99. The lowest BCUT2D eigenvalue weighted by molar-refractivity contribution is 0.0941. The maximum atomic E-state index is 14.0. The molecule has 0 aliphatic heterocycles. The molecule has 0 saturated heterocycles. The number of carbonyl (C=O) groups excluding carboxylic acids is 1. The second kappa shape index (κ2) is 6.94. The summed E-state index contributed by atoms with van der Waals surface area (Å²) in [6.07, 6.45) is 3.36. The third kappa shape index (κ3) is 3.85. The molecule has 0 aliphatic rings. The predicted octanol–water partition coefficient (Wildman–Crippen LogP) is 1.30. The minimum Gasteiger partial charge on any atom is -0.393 e. The van der Waals surface area contributed by atoms with E-state index in [4.69, 9.17) is 0 Å². The lowest BCUT2D eigenvalue weighted by Gasteiger charge is -2.09. The highest BCUT2D eigenvalue weighted by atomic mass is 19.1. The van der Waals surface area contributed by atoms with E-state index in [0.717, 1.165) is 6.07 Å². The summed E-state index contributed by atoms with van der Waals surface area (Å²) in [5.74, 6) is -0.927. The van der Waals surface area contributed by atoms with Crippen LogP contribution >= 0.6 is 0 Å². The Balaban J connectivity index is 2.01. The van der Waals surface area contributed by atoms with Crippen LogP contribution in [0, 0.1) is 5.82 Å². The Morgan fingerprint density at radius 2 is 2.33 bits per heavy atom. The number of amides is 1. The molecule has 1 heterocycles. The maximum Gasteiger partial charge on any atom is 0.251 e. The van der Waals surface area contributed by atoms with E-state index in [1.54, 1.807) is 0 Å². The van der Waals surface area contributed by atoms with Gasteiger partial charge >= 0.3 is 0 Å². The van der Waals surface area contributed by atoms with Crippen LogP contribution in [0.25, 0.3) is 5.69 Å². The number of rotatable bonds is 6. The minimum atomic E-state index is -0.554. The van der Waals surface area contributed by atoms with Gasteiger partial charge in [-0.2, -0.15) is 5.10 Å². The molecule has 112 valence electrons. The average Bonchev–Trinajstić information content (AvgIpc) is 3.00. The van der Waals surface area contributed by atoms with E-state index in [1.165, 1.54) is 29.5 Å². The largest absolute Gasteiger partial charge is 0.393 e. The molecule has 2 aromatic rings. The van der Waals surface area contributed by atoms with Gasteiger partial charge in [0.05, 0.1) is 6.10 Å². The van der Waals surface area contributed by atoms with Gasteiger partial charge in [-0.25, -0.2) is 14.1 Å². The fourth-order valence-corrected chi connectivity index (χ4v) is 1.83. The van der Waals surface area contributed by atoms with E-state index >= 15 is 0 Å². The highest BCUT2D eigenvalue weighted by Gasteiger charge is 2.11. The molecule has 6 nitrogen and oxygen atoms in total. The molecule has 0 aliphatic carbocycles. The first-order chi connectivity index (χ1) is 10.1. The molecular weight excluding hydrogens is 275 g/mol. The number of halogens is 1. The molecule has 1 aromatic heterocycles. The van der Waals surface area contributed by atoms with Crippen molar-refractivity contribution in [1.29, 1.82) is 0 Å². The summed E-state index contributed by atoms with van der Waals surface area (Å²) >= 11 is 0. The summed E-state index contributed by atoms with van der Waals surface area (Å²) in [4.78, 5) is 15.6. The molecular formula is C14H17FN4O2. The molecule has 1 aromatic carbocycles. The monoisotopic (exact) mass is 292 g/mol. The van der Waals surface area contributed by atoms with Gasteiger partial charge in [-0.15, -0.1) is 0 Å². The number of hydrogen-bond acceptors (Lipinski definition) is 4. The van der Waals surface area contributed by atoms with E-state index in [0.29, 0.717) is 19.4 Å². The quantitative estimate of drug-likeness (QED) is 0.841. The average molecular weight is 292 g/mol. The second-order valence-corrected chi connectivity index (χ2v) is 4.61. The van der Waals surface area contributed by atoms with E-state index in [-0.39, 0.29) is 17.2 Å². The molecule has 7 heteroatoms. The third-order valence-electron chi connectivity index (χ3n) is 3.11. The van der Waals surface area contributed by atoms with E-state index in [2.05, 4.69) is 15.4 Å². The van der Waals surface area contributed by atoms with Gasteiger partial charge in [0, 0.05) is 12.1 Å². The van der Waals surface area contributed by atoms with Crippen LogP contribution in [0.2, 0.25) is 0 Å². The van der Waals surface area contributed by atoms with Crippen molar-refractivity contribution in [3.05, 3.63) is 42.2 Å². The first-order valence-electron chi connectivity index (χ1n) is 6.72. The van der Waals surface area contributed by atoms with E-state index < -0.39 is 11.9 Å². The van der Waals surface area contributed by atoms with Gasteiger partial charge in [-0.3, -0.25) is 4.79 Å². The van der Waals surface area contributed by atoms with Crippen molar-refractivity contribution in [3.63, 3.8) is 0 Å².